The molecule has 0 aromatic heterocycles. The molecule has 2 saturated heterocycles. The van der Waals surface area contributed by atoms with Gasteiger partial charge >= 0.3 is 6.09 Å². The first kappa shape index (κ1) is 18.8. The molecule has 26 heavy (non-hydrogen) atoms. The number of morpholine rings is 1. The zero-order valence-corrected chi connectivity index (χ0v) is 15.8. The number of halogens is 1. The summed E-state index contributed by atoms with van der Waals surface area (Å²) in [5.74, 6) is -0.987. The monoisotopic (exact) mass is 363 g/mol. The molecule has 2 bridgehead atoms. The summed E-state index contributed by atoms with van der Waals surface area (Å²) in [5.41, 5.74) is 0.332. The number of carbonyl (C=O) groups excluding carboxylic acids is 2. The molecule has 3 rings (SSSR count). The van der Waals surface area contributed by atoms with Gasteiger partial charge in [0.25, 0.3) is 0 Å². The van der Waals surface area contributed by atoms with Crippen LogP contribution in [-0.4, -0.2) is 47.7 Å². The molecule has 2 aliphatic rings. The van der Waals surface area contributed by atoms with Gasteiger partial charge in [-0.05, 0) is 58.2 Å². The number of rotatable bonds is 2. The number of amides is 1. The van der Waals surface area contributed by atoms with Crippen molar-refractivity contribution in [2.45, 2.75) is 58.2 Å². The number of benzene rings is 1. The van der Waals surface area contributed by atoms with Crippen LogP contribution in [0.5, 0.6) is 0 Å². The van der Waals surface area contributed by atoms with Crippen molar-refractivity contribution in [3.63, 3.8) is 0 Å². The molecule has 1 amide bonds. The van der Waals surface area contributed by atoms with E-state index in [0.29, 0.717) is 26.1 Å². The summed E-state index contributed by atoms with van der Waals surface area (Å²) in [6.45, 7) is 8.01. The molecule has 0 saturated carbocycles. The molecule has 2 aliphatic heterocycles. The van der Waals surface area contributed by atoms with Crippen molar-refractivity contribution >= 4 is 11.9 Å². The summed E-state index contributed by atoms with van der Waals surface area (Å²) in [6, 6.07) is 4.24. The molecule has 5 nitrogen and oxygen atoms in total. The summed E-state index contributed by atoms with van der Waals surface area (Å²) in [5, 5.41) is 0. The Morgan fingerprint density at radius 3 is 2.35 bits per heavy atom. The quantitative estimate of drug-likeness (QED) is 0.751. The number of carbonyl (C=O) groups is 2. The maximum absolute atomic E-state index is 14.2. The molecule has 0 spiro atoms. The van der Waals surface area contributed by atoms with Gasteiger partial charge in [-0.25, -0.2) is 9.18 Å². The molecule has 2 unspecified atom stereocenters. The van der Waals surface area contributed by atoms with E-state index in [2.05, 4.69) is 0 Å². The molecule has 0 N–H and O–H groups in total. The van der Waals surface area contributed by atoms with Crippen LogP contribution in [0.15, 0.2) is 18.2 Å². The van der Waals surface area contributed by atoms with Crippen LogP contribution in [0, 0.1) is 18.7 Å². The Kier molecular flexibility index (Phi) is 5.06. The molecule has 1 aromatic carbocycles. The van der Waals surface area contributed by atoms with Gasteiger partial charge in [0.1, 0.15) is 11.4 Å². The third kappa shape index (κ3) is 3.90. The number of fused-ring (bicyclic) bond motifs is 2. The number of hydrogen-bond donors (Lipinski definition) is 0. The molecule has 0 radical (unpaired) electrons. The first-order valence-electron chi connectivity index (χ1n) is 9.05. The van der Waals surface area contributed by atoms with Crippen LogP contribution in [-0.2, 0) is 9.47 Å². The molecule has 0 aliphatic carbocycles. The van der Waals surface area contributed by atoms with Crippen LogP contribution in [0.2, 0.25) is 0 Å². The molecule has 1 aromatic rings. The van der Waals surface area contributed by atoms with Gasteiger partial charge in [0.15, 0.2) is 5.78 Å². The zero-order valence-electron chi connectivity index (χ0n) is 15.8. The first-order chi connectivity index (χ1) is 12.2. The standard InChI is InChI=1S/C20H26FNO4/c1-12-5-6-16(17(21)7-12)18(23)13-8-14-10-25-11-15(9-13)22(14)19(24)26-20(2,3)4/h5-7,13-15H,8-11H2,1-4H3. The number of ketones is 1. The molecular formula is C20H26FNO4. The van der Waals surface area contributed by atoms with Gasteiger partial charge < -0.3 is 9.47 Å². The number of nitrogens with zero attached hydrogens (tertiary/aromatic N) is 1. The minimum atomic E-state index is -0.579. The topological polar surface area (TPSA) is 55.8 Å². The summed E-state index contributed by atoms with van der Waals surface area (Å²) in [4.78, 5) is 27.1. The smallest absolute Gasteiger partial charge is 0.410 e. The highest BCUT2D eigenvalue weighted by Gasteiger charge is 2.45. The number of ether oxygens (including phenoxy) is 2. The highest BCUT2D eigenvalue weighted by Crippen LogP contribution is 2.35. The van der Waals surface area contributed by atoms with E-state index in [0.717, 1.165) is 5.56 Å². The maximum atomic E-state index is 14.2. The largest absolute Gasteiger partial charge is 0.444 e. The molecular weight excluding hydrogens is 337 g/mol. The summed E-state index contributed by atoms with van der Waals surface area (Å²) >= 11 is 0. The number of aryl methyl sites for hydroxylation is 1. The Morgan fingerprint density at radius 2 is 1.81 bits per heavy atom. The van der Waals surface area contributed by atoms with E-state index in [1.807, 2.05) is 20.8 Å². The van der Waals surface area contributed by atoms with E-state index in [-0.39, 0.29) is 35.4 Å². The fourth-order valence-electron chi connectivity index (χ4n) is 3.78. The van der Waals surface area contributed by atoms with Crippen molar-refractivity contribution in [3.05, 3.63) is 35.1 Å². The van der Waals surface area contributed by atoms with E-state index in [9.17, 15) is 14.0 Å². The van der Waals surface area contributed by atoms with E-state index in [4.69, 9.17) is 9.47 Å². The lowest BCUT2D eigenvalue weighted by molar-refractivity contribution is -0.0861. The SMILES string of the molecule is Cc1ccc(C(=O)C2CC3COCC(C2)N3C(=O)OC(C)(C)C)c(F)c1. The lowest BCUT2D eigenvalue weighted by Gasteiger charge is -2.47. The molecule has 2 heterocycles. The van der Waals surface area contributed by atoms with Gasteiger partial charge in [0.2, 0.25) is 0 Å². The third-order valence-electron chi connectivity index (χ3n) is 4.89. The second-order valence-corrected chi connectivity index (χ2v) is 8.25. The number of piperidine rings is 1. The average Bonchev–Trinajstić information content (AvgIpc) is 2.51. The normalized spacial score (nSPS) is 25.7. The van der Waals surface area contributed by atoms with Crippen molar-refractivity contribution in [3.8, 4) is 0 Å². The Balaban J connectivity index is 1.77. The second-order valence-electron chi connectivity index (χ2n) is 8.25. The lowest BCUT2D eigenvalue weighted by Crippen LogP contribution is -2.60. The van der Waals surface area contributed by atoms with Crippen LogP contribution in [0.25, 0.3) is 0 Å². The van der Waals surface area contributed by atoms with Gasteiger partial charge in [0.05, 0.1) is 30.9 Å². The highest BCUT2D eigenvalue weighted by atomic mass is 19.1. The Bertz CT molecular complexity index is 698. The molecule has 142 valence electrons. The zero-order chi connectivity index (χ0) is 19.1. The summed E-state index contributed by atoms with van der Waals surface area (Å²) in [7, 11) is 0. The average molecular weight is 363 g/mol. The van der Waals surface area contributed by atoms with Crippen LogP contribution in [0.4, 0.5) is 9.18 Å². The predicted molar refractivity (Wildman–Crippen MR) is 94.7 cm³/mol. The Morgan fingerprint density at radius 1 is 1.19 bits per heavy atom. The van der Waals surface area contributed by atoms with E-state index in [1.54, 1.807) is 24.0 Å². The Hall–Kier alpha value is -1.95. The van der Waals surface area contributed by atoms with Crippen LogP contribution in [0.3, 0.4) is 0 Å². The first-order valence-corrected chi connectivity index (χ1v) is 9.05. The fraction of sp³-hybridized carbons (Fsp3) is 0.600. The maximum Gasteiger partial charge on any atom is 0.410 e. The third-order valence-corrected chi connectivity index (χ3v) is 4.89. The predicted octanol–water partition coefficient (Wildman–Crippen LogP) is 3.73. The Labute approximate surface area is 153 Å². The van der Waals surface area contributed by atoms with Crippen LogP contribution in [0.1, 0.15) is 49.5 Å². The number of hydrogen-bond acceptors (Lipinski definition) is 4. The van der Waals surface area contributed by atoms with Gasteiger partial charge in [0, 0.05) is 5.92 Å². The molecule has 2 atom stereocenters. The van der Waals surface area contributed by atoms with Crippen LogP contribution >= 0.6 is 0 Å². The summed E-state index contributed by atoms with van der Waals surface area (Å²) < 4.78 is 25.3. The molecule has 2 fully saturated rings. The van der Waals surface area contributed by atoms with Gasteiger partial charge in [-0.15, -0.1) is 0 Å². The van der Waals surface area contributed by atoms with Crippen molar-refractivity contribution in [1.82, 2.24) is 4.90 Å². The van der Waals surface area contributed by atoms with E-state index >= 15 is 0 Å². The van der Waals surface area contributed by atoms with Gasteiger partial charge in [-0.3, -0.25) is 9.69 Å². The molecule has 6 heteroatoms. The fourth-order valence-corrected chi connectivity index (χ4v) is 3.78. The van der Waals surface area contributed by atoms with E-state index < -0.39 is 11.4 Å². The van der Waals surface area contributed by atoms with Crippen molar-refractivity contribution < 1.29 is 23.5 Å². The highest BCUT2D eigenvalue weighted by molar-refractivity contribution is 5.98. The second kappa shape index (κ2) is 6.99. The summed E-state index contributed by atoms with van der Waals surface area (Å²) in [6.07, 6.45) is 0.548. The van der Waals surface area contributed by atoms with E-state index in [1.165, 1.54) is 6.07 Å². The lowest BCUT2D eigenvalue weighted by atomic mass is 9.80. The van der Waals surface area contributed by atoms with Gasteiger partial charge in [-0.2, -0.15) is 0 Å². The van der Waals surface area contributed by atoms with Crippen molar-refractivity contribution in [2.75, 3.05) is 13.2 Å². The minimum Gasteiger partial charge on any atom is -0.444 e. The number of Topliss-reactive ketones (excluding diaryl/α,β-unsaturated/α-hetero) is 1. The van der Waals surface area contributed by atoms with Crippen LogP contribution < -0.4 is 0 Å². The van der Waals surface area contributed by atoms with Gasteiger partial charge in [-0.1, -0.05) is 6.07 Å². The minimum absolute atomic E-state index is 0.130. The van der Waals surface area contributed by atoms with Crippen molar-refractivity contribution in [1.29, 1.82) is 0 Å². The van der Waals surface area contributed by atoms with Crippen molar-refractivity contribution in [2.24, 2.45) is 5.92 Å².